The van der Waals surface area contributed by atoms with Crippen LogP contribution in [0.5, 0.6) is 0 Å². The molecule has 2 aromatic rings. The van der Waals surface area contributed by atoms with Crippen molar-refractivity contribution in [3.05, 3.63) is 35.5 Å². The van der Waals surface area contributed by atoms with Crippen molar-refractivity contribution in [2.45, 2.75) is 19.3 Å². The molecule has 0 saturated heterocycles. The van der Waals surface area contributed by atoms with E-state index in [0.717, 1.165) is 36.9 Å². The molecule has 2 rings (SSSR count). The molecule has 0 aliphatic rings. The molecule has 1 heterocycles. The molecule has 0 saturated carbocycles. The highest BCUT2D eigenvalue weighted by Crippen LogP contribution is 2.21. The fourth-order valence-corrected chi connectivity index (χ4v) is 2.02. The predicted octanol–water partition coefficient (Wildman–Crippen LogP) is 3.01. The Hall–Kier alpha value is -1.79. The second-order valence-electron chi connectivity index (χ2n) is 4.14. The number of hydrogen-bond acceptors (Lipinski definition) is 2. The van der Waals surface area contributed by atoms with Gasteiger partial charge in [0.1, 0.15) is 0 Å². The molecule has 17 heavy (non-hydrogen) atoms. The van der Waals surface area contributed by atoms with Crippen molar-refractivity contribution in [3.8, 4) is 6.07 Å². The lowest BCUT2D eigenvalue weighted by Gasteiger charge is -2.00. The molecular formula is C14H16N2O. The Morgan fingerprint density at radius 1 is 1.35 bits per heavy atom. The van der Waals surface area contributed by atoms with Gasteiger partial charge >= 0.3 is 0 Å². The van der Waals surface area contributed by atoms with Crippen molar-refractivity contribution in [1.29, 1.82) is 5.26 Å². The second kappa shape index (κ2) is 5.51. The standard InChI is InChI=1S/C14H16N2O/c1-17-7-3-2-4-12-10-16-14-6-5-11(9-15)8-13(12)14/h5-6,8,10,16H,2-4,7H2,1H3. The fourth-order valence-electron chi connectivity index (χ4n) is 2.02. The number of unbranched alkanes of at least 4 members (excludes halogenated alkanes) is 1. The molecule has 88 valence electrons. The van der Waals surface area contributed by atoms with Crippen LogP contribution in [-0.4, -0.2) is 18.7 Å². The first-order chi connectivity index (χ1) is 8.35. The van der Waals surface area contributed by atoms with E-state index in [1.165, 1.54) is 10.9 Å². The molecule has 0 radical (unpaired) electrons. The number of benzene rings is 1. The second-order valence-corrected chi connectivity index (χ2v) is 4.14. The normalized spacial score (nSPS) is 10.6. The molecule has 0 aliphatic heterocycles. The summed E-state index contributed by atoms with van der Waals surface area (Å²) < 4.78 is 5.03. The van der Waals surface area contributed by atoms with Crippen LogP contribution in [-0.2, 0) is 11.2 Å². The van der Waals surface area contributed by atoms with Crippen LogP contribution in [0.1, 0.15) is 24.0 Å². The Bertz CT molecular complexity index is 537. The summed E-state index contributed by atoms with van der Waals surface area (Å²) in [6.07, 6.45) is 5.25. The zero-order valence-electron chi connectivity index (χ0n) is 9.99. The van der Waals surface area contributed by atoms with Gasteiger partial charge in [-0.25, -0.2) is 0 Å². The van der Waals surface area contributed by atoms with Crippen molar-refractivity contribution in [3.63, 3.8) is 0 Å². The van der Waals surface area contributed by atoms with Gasteiger partial charge in [0.25, 0.3) is 0 Å². The SMILES string of the molecule is COCCCCc1c[nH]c2ccc(C#N)cc12. The van der Waals surface area contributed by atoms with E-state index in [1.807, 2.05) is 24.4 Å². The van der Waals surface area contributed by atoms with Crippen LogP contribution in [0.4, 0.5) is 0 Å². The summed E-state index contributed by atoms with van der Waals surface area (Å²) in [5.41, 5.74) is 3.11. The number of fused-ring (bicyclic) bond motifs is 1. The lowest BCUT2D eigenvalue weighted by atomic mass is 10.1. The van der Waals surface area contributed by atoms with Crippen LogP contribution >= 0.6 is 0 Å². The summed E-state index contributed by atoms with van der Waals surface area (Å²) in [6, 6.07) is 7.94. The van der Waals surface area contributed by atoms with Crippen LogP contribution in [0, 0.1) is 11.3 Å². The summed E-state index contributed by atoms with van der Waals surface area (Å²) in [7, 11) is 1.73. The number of H-pyrrole nitrogens is 1. The number of nitriles is 1. The minimum atomic E-state index is 0.718. The van der Waals surface area contributed by atoms with Crippen LogP contribution in [0.2, 0.25) is 0 Å². The average molecular weight is 228 g/mol. The number of aryl methyl sites for hydroxylation is 1. The number of aromatic nitrogens is 1. The number of rotatable bonds is 5. The number of nitrogens with one attached hydrogen (secondary N) is 1. The molecule has 0 atom stereocenters. The molecule has 0 bridgehead atoms. The summed E-state index contributed by atoms with van der Waals surface area (Å²) in [5.74, 6) is 0. The minimum Gasteiger partial charge on any atom is -0.385 e. The molecule has 1 N–H and O–H groups in total. The monoisotopic (exact) mass is 228 g/mol. The third-order valence-electron chi connectivity index (χ3n) is 2.94. The number of aromatic amines is 1. The molecule has 1 aromatic carbocycles. The van der Waals surface area contributed by atoms with Crippen molar-refractivity contribution in [2.24, 2.45) is 0 Å². The van der Waals surface area contributed by atoms with Crippen LogP contribution in [0.25, 0.3) is 10.9 Å². The predicted molar refractivity (Wildman–Crippen MR) is 67.8 cm³/mol. The zero-order valence-corrected chi connectivity index (χ0v) is 9.99. The first kappa shape index (κ1) is 11.7. The van der Waals surface area contributed by atoms with Gasteiger partial charge in [-0.05, 0) is 43.0 Å². The summed E-state index contributed by atoms with van der Waals surface area (Å²) in [5, 5.41) is 10.1. The Morgan fingerprint density at radius 3 is 3.00 bits per heavy atom. The molecular weight excluding hydrogens is 212 g/mol. The molecule has 0 spiro atoms. The molecule has 0 fully saturated rings. The van der Waals surface area contributed by atoms with Gasteiger partial charge in [-0.3, -0.25) is 0 Å². The van der Waals surface area contributed by atoms with E-state index in [2.05, 4.69) is 11.1 Å². The maximum absolute atomic E-state index is 8.89. The van der Waals surface area contributed by atoms with Crippen LogP contribution in [0.15, 0.2) is 24.4 Å². The van der Waals surface area contributed by atoms with Gasteiger partial charge in [0.15, 0.2) is 0 Å². The Morgan fingerprint density at radius 2 is 2.24 bits per heavy atom. The lowest BCUT2D eigenvalue weighted by molar-refractivity contribution is 0.193. The topological polar surface area (TPSA) is 48.8 Å². The largest absolute Gasteiger partial charge is 0.385 e. The summed E-state index contributed by atoms with van der Waals surface area (Å²) >= 11 is 0. The van der Waals surface area contributed by atoms with Gasteiger partial charge in [-0.1, -0.05) is 0 Å². The van der Waals surface area contributed by atoms with E-state index in [1.54, 1.807) is 7.11 Å². The van der Waals surface area contributed by atoms with Gasteiger partial charge in [0, 0.05) is 30.8 Å². The number of methoxy groups -OCH3 is 1. The van der Waals surface area contributed by atoms with E-state index in [9.17, 15) is 0 Å². The van der Waals surface area contributed by atoms with Crippen molar-refractivity contribution < 1.29 is 4.74 Å². The van der Waals surface area contributed by atoms with Gasteiger partial charge < -0.3 is 9.72 Å². The van der Waals surface area contributed by atoms with Gasteiger partial charge in [0.05, 0.1) is 11.6 Å². The van der Waals surface area contributed by atoms with Crippen molar-refractivity contribution in [1.82, 2.24) is 4.98 Å². The zero-order chi connectivity index (χ0) is 12.1. The van der Waals surface area contributed by atoms with Crippen molar-refractivity contribution in [2.75, 3.05) is 13.7 Å². The highest BCUT2D eigenvalue weighted by atomic mass is 16.5. The summed E-state index contributed by atoms with van der Waals surface area (Å²) in [6.45, 7) is 0.811. The third kappa shape index (κ3) is 2.66. The first-order valence-electron chi connectivity index (χ1n) is 5.84. The fraction of sp³-hybridized carbons (Fsp3) is 0.357. The van der Waals surface area contributed by atoms with E-state index in [0.29, 0.717) is 0 Å². The van der Waals surface area contributed by atoms with Crippen LogP contribution < -0.4 is 0 Å². The molecule has 0 unspecified atom stereocenters. The Labute approximate surface area is 101 Å². The van der Waals surface area contributed by atoms with Crippen molar-refractivity contribution >= 4 is 10.9 Å². The Balaban J connectivity index is 2.14. The highest BCUT2D eigenvalue weighted by molar-refractivity contribution is 5.84. The van der Waals surface area contributed by atoms with E-state index >= 15 is 0 Å². The lowest BCUT2D eigenvalue weighted by Crippen LogP contribution is -1.90. The van der Waals surface area contributed by atoms with Gasteiger partial charge in [-0.15, -0.1) is 0 Å². The molecule has 3 nitrogen and oxygen atoms in total. The number of ether oxygens (including phenoxy) is 1. The number of hydrogen-bond donors (Lipinski definition) is 1. The maximum atomic E-state index is 8.89. The molecule has 0 amide bonds. The van der Waals surface area contributed by atoms with Gasteiger partial charge in [-0.2, -0.15) is 5.26 Å². The smallest absolute Gasteiger partial charge is 0.0991 e. The molecule has 3 heteroatoms. The maximum Gasteiger partial charge on any atom is 0.0991 e. The van der Waals surface area contributed by atoms with E-state index < -0.39 is 0 Å². The van der Waals surface area contributed by atoms with E-state index in [-0.39, 0.29) is 0 Å². The number of nitrogens with zero attached hydrogens (tertiary/aromatic N) is 1. The minimum absolute atomic E-state index is 0.718. The van der Waals surface area contributed by atoms with E-state index in [4.69, 9.17) is 10.00 Å². The molecule has 1 aromatic heterocycles. The first-order valence-corrected chi connectivity index (χ1v) is 5.84. The molecule has 0 aliphatic carbocycles. The Kier molecular flexibility index (Phi) is 3.79. The summed E-state index contributed by atoms with van der Waals surface area (Å²) in [4.78, 5) is 3.24. The third-order valence-corrected chi connectivity index (χ3v) is 2.94. The van der Waals surface area contributed by atoms with Crippen LogP contribution in [0.3, 0.4) is 0 Å². The quantitative estimate of drug-likeness (QED) is 0.800. The highest BCUT2D eigenvalue weighted by Gasteiger charge is 2.04. The van der Waals surface area contributed by atoms with Gasteiger partial charge in [0.2, 0.25) is 0 Å². The average Bonchev–Trinajstić information content (AvgIpc) is 2.77.